The van der Waals surface area contributed by atoms with Crippen molar-refractivity contribution in [3.8, 4) is 12.1 Å². The van der Waals surface area contributed by atoms with Gasteiger partial charge in [0, 0.05) is 44.3 Å². The van der Waals surface area contributed by atoms with Crippen LogP contribution in [0.25, 0.3) is 21.5 Å². The molecule has 46 heavy (non-hydrogen) atoms. The molecule has 0 aliphatic heterocycles. The number of fused-ring (bicyclic) bond motifs is 2. The van der Waals surface area contributed by atoms with E-state index >= 15 is 0 Å². The third-order valence-electron chi connectivity index (χ3n) is 8.57. The van der Waals surface area contributed by atoms with Gasteiger partial charge in [0.05, 0.1) is 36.4 Å². The number of allylic oxidation sites excluding steroid dienone is 4. The van der Waals surface area contributed by atoms with E-state index in [1.165, 1.54) is 5.70 Å². The molecule has 0 N–H and O–H groups in total. The van der Waals surface area contributed by atoms with E-state index in [0.717, 1.165) is 74.0 Å². The second kappa shape index (κ2) is 12.9. The average molecular weight is 593 g/mol. The normalized spacial score (nSPS) is 12.3. The van der Waals surface area contributed by atoms with Crippen molar-refractivity contribution in [3.05, 3.63) is 162 Å². The van der Waals surface area contributed by atoms with Crippen molar-refractivity contribution in [3.63, 3.8) is 0 Å². The topological polar surface area (TPSA) is 54.1 Å². The molecular formula is C42H32N4. The lowest BCUT2D eigenvalue weighted by Gasteiger charge is -2.34. The van der Waals surface area contributed by atoms with Crippen molar-refractivity contribution < 1.29 is 0 Å². The lowest BCUT2D eigenvalue weighted by molar-refractivity contribution is 0.920. The molecule has 7 rings (SSSR count). The van der Waals surface area contributed by atoms with E-state index in [1.54, 1.807) is 0 Å². The molecule has 1 aliphatic rings. The largest absolute Gasteiger partial charge is 0.313 e. The van der Waals surface area contributed by atoms with Gasteiger partial charge in [0.15, 0.2) is 0 Å². The highest BCUT2D eigenvalue weighted by molar-refractivity contribution is 6.22. The van der Waals surface area contributed by atoms with E-state index in [1.807, 2.05) is 18.2 Å². The van der Waals surface area contributed by atoms with Crippen LogP contribution in [0.5, 0.6) is 0 Å². The molecule has 0 radical (unpaired) electrons. The van der Waals surface area contributed by atoms with Crippen molar-refractivity contribution in [1.82, 2.24) is 0 Å². The first kappa shape index (κ1) is 28.7. The summed E-state index contributed by atoms with van der Waals surface area (Å²) in [6.45, 7) is 0. The van der Waals surface area contributed by atoms with Gasteiger partial charge in [-0.3, -0.25) is 0 Å². The zero-order valence-corrected chi connectivity index (χ0v) is 25.5. The van der Waals surface area contributed by atoms with Crippen LogP contribution in [0.3, 0.4) is 0 Å². The summed E-state index contributed by atoms with van der Waals surface area (Å²) in [5.74, 6) is 0. The van der Waals surface area contributed by atoms with Gasteiger partial charge in [0.2, 0.25) is 0 Å². The van der Waals surface area contributed by atoms with Crippen LogP contribution in [0.15, 0.2) is 151 Å². The van der Waals surface area contributed by atoms with Crippen LogP contribution in [0.4, 0.5) is 28.4 Å². The Labute approximate surface area is 270 Å². The maximum absolute atomic E-state index is 9.30. The molecule has 0 atom stereocenters. The van der Waals surface area contributed by atoms with Gasteiger partial charge in [-0.1, -0.05) is 103 Å². The summed E-state index contributed by atoms with van der Waals surface area (Å²) in [6, 6.07) is 49.2. The fourth-order valence-corrected chi connectivity index (χ4v) is 6.47. The molecule has 1 aliphatic carbocycles. The smallest absolute Gasteiger partial charge is 0.0669 e. The van der Waals surface area contributed by atoms with Gasteiger partial charge >= 0.3 is 0 Å². The maximum atomic E-state index is 9.30. The van der Waals surface area contributed by atoms with Gasteiger partial charge in [-0.15, -0.1) is 0 Å². The Morgan fingerprint density at radius 2 is 0.935 bits per heavy atom. The van der Waals surface area contributed by atoms with Gasteiger partial charge in [0.1, 0.15) is 0 Å². The second-order valence-corrected chi connectivity index (χ2v) is 11.4. The number of hydrogen-bond donors (Lipinski definition) is 0. The Morgan fingerprint density at radius 3 is 1.39 bits per heavy atom. The highest BCUT2D eigenvalue weighted by Crippen LogP contribution is 2.50. The van der Waals surface area contributed by atoms with Crippen LogP contribution in [0.1, 0.15) is 24.0 Å². The number of para-hydroxylation sites is 1. The van der Waals surface area contributed by atoms with Crippen molar-refractivity contribution in [2.45, 2.75) is 25.7 Å². The highest BCUT2D eigenvalue weighted by Gasteiger charge is 2.26. The predicted octanol–water partition coefficient (Wildman–Crippen LogP) is 11.0. The molecule has 220 valence electrons. The van der Waals surface area contributed by atoms with Crippen molar-refractivity contribution in [2.75, 3.05) is 9.80 Å². The van der Waals surface area contributed by atoms with Crippen LogP contribution in [0.2, 0.25) is 0 Å². The van der Waals surface area contributed by atoms with E-state index in [4.69, 9.17) is 0 Å². The molecule has 0 saturated carbocycles. The zero-order chi connectivity index (χ0) is 31.3. The van der Waals surface area contributed by atoms with Gasteiger partial charge in [0.25, 0.3) is 0 Å². The molecule has 0 amide bonds. The molecular weight excluding hydrogens is 560 g/mol. The predicted molar refractivity (Wildman–Crippen MR) is 190 cm³/mol. The number of nitriles is 2. The Hall–Kier alpha value is -6.10. The summed E-state index contributed by atoms with van der Waals surface area (Å²) in [5, 5.41) is 23.2. The third-order valence-corrected chi connectivity index (χ3v) is 8.57. The summed E-state index contributed by atoms with van der Waals surface area (Å²) < 4.78 is 0. The summed E-state index contributed by atoms with van der Waals surface area (Å²) >= 11 is 0. The zero-order valence-electron chi connectivity index (χ0n) is 25.5. The minimum absolute atomic E-state index is 0.380. The average Bonchev–Trinajstić information content (AvgIpc) is 3.12. The first-order valence-electron chi connectivity index (χ1n) is 15.6. The summed E-state index contributed by atoms with van der Waals surface area (Å²) in [4.78, 5) is 4.76. The summed E-state index contributed by atoms with van der Waals surface area (Å²) in [6.07, 6.45) is 9.27. The molecule has 0 saturated heterocycles. The first-order chi connectivity index (χ1) is 22.8. The van der Waals surface area contributed by atoms with Crippen LogP contribution < -0.4 is 9.80 Å². The number of nitrogens with zero attached hydrogens (tertiary/aromatic N) is 4. The molecule has 4 heteroatoms. The molecule has 6 aromatic rings. The van der Waals surface area contributed by atoms with E-state index in [-0.39, 0.29) is 0 Å². The Bertz CT molecular complexity index is 2110. The molecule has 0 aromatic heterocycles. The van der Waals surface area contributed by atoms with Crippen molar-refractivity contribution in [1.29, 1.82) is 10.5 Å². The molecule has 0 heterocycles. The van der Waals surface area contributed by atoms with E-state index in [2.05, 4.69) is 149 Å². The number of hydrogen-bond acceptors (Lipinski definition) is 4. The molecule has 0 unspecified atom stereocenters. The second-order valence-electron chi connectivity index (χ2n) is 11.4. The van der Waals surface area contributed by atoms with Gasteiger partial charge in [-0.25, -0.2) is 0 Å². The van der Waals surface area contributed by atoms with Crippen LogP contribution in [-0.2, 0) is 12.8 Å². The van der Waals surface area contributed by atoms with Crippen LogP contribution >= 0.6 is 0 Å². The van der Waals surface area contributed by atoms with E-state index in [0.29, 0.717) is 12.8 Å². The minimum atomic E-state index is 0.380. The lowest BCUT2D eigenvalue weighted by Crippen LogP contribution is -2.19. The Balaban J connectivity index is 1.54. The Morgan fingerprint density at radius 1 is 0.500 bits per heavy atom. The standard InChI is InChI=1S/C42H32N4/c43-29-27-31-19-23-35(24-20-31)45(33-11-3-1-4-12-33)41-37-15-7-9-17-39(37)42(40-18-10-8-16-38(40)41)46(34-13-5-2-6-14-34)36-25-21-32(22-26-36)28-30-44/h1-5,7-13,15-26H,6,14,27-28H2. The quantitative estimate of drug-likeness (QED) is 0.130. The van der Waals surface area contributed by atoms with Crippen molar-refractivity contribution in [2.24, 2.45) is 0 Å². The Kier molecular flexibility index (Phi) is 8.02. The third kappa shape index (κ3) is 5.38. The first-order valence-corrected chi connectivity index (χ1v) is 15.6. The molecule has 6 aromatic carbocycles. The number of rotatable bonds is 8. The van der Waals surface area contributed by atoms with Crippen LogP contribution in [0, 0.1) is 22.7 Å². The SMILES string of the molecule is N#CCc1ccc(N(C2=CC=CCC2)c2c3ccccc3c(N(c3ccccc3)c3ccc(CC#N)cc3)c3ccccc23)cc1. The van der Waals surface area contributed by atoms with Gasteiger partial charge in [-0.05, 0) is 66.4 Å². The van der Waals surface area contributed by atoms with Crippen LogP contribution in [-0.4, -0.2) is 0 Å². The monoisotopic (exact) mass is 592 g/mol. The van der Waals surface area contributed by atoms with E-state index < -0.39 is 0 Å². The molecule has 0 fully saturated rings. The molecule has 0 spiro atoms. The molecule has 0 bridgehead atoms. The summed E-state index contributed by atoms with van der Waals surface area (Å²) in [5.41, 5.74) is 8.64. The van der Waals surface area contributed by atoms with Gasteiger partial charge in [-0.2, -0.15) is 10.5 Å². The lowest BCUT2D eigenvalue weighted by atomic mass is 9.94. The molecule has 4 nitrogen and oxygen atoms in total. The highest BCUT2D eigenvalue weighted by atomic mass is 15.2. The number of benzene rings is 6. The summed E-state index contributed by atoms with van der Waals surface area (Å²) in [7, 11) is 0. The number of anilines is 5. The van der Waals surface area contributed by atoms with Crippen molar-refractivity contribution >= 4 is 50.0 Å². The van der Waals surface area contributed by atoms with E-state index in [9.17, 15) is 10.5 Å². The minimum Gasteiger partial charge on any atom is -0.313 e. The fourth-order valence-electron chi connectivity index (χ4n) is 6.47. The maximum Gasteiger partial charge on any atom is 0.0669 e. The van der Waals surface area contributed by atoms with Gasteiger partial charge < -0.3 is 9.80 Å². The fraction of sp³-hybridized carbons (Fsp3) is 0.0952.